The zero-order valence-electron chi connectivity index (χ0n) is 9.67. The van der Waals surface area contributed by atoms with Crippen molar-refractivity contribution in [3.05, 3.63) is 55.9 Å². The van der Waals surface area contributed by atoms with Crippen LogP contribution in [0.3, 0.4) is 0 Å². The number of thiophene rings is 1. The molecule has 0 saturated carbocycles. The van der Waals surface area contributed by atoms with Crippen molar-refractivity contribution in [1.29, 1.82) is 0 Å². The minimum atomic E-state index is -0.360. The molecule has 0 atom stereocenters. The second-order valence-corrected chi connectivity index (χ2v) is 6.40. The summed E-state index contributed by atoms with van der Waals surface area (Å²) < 4.78 is 14.3. The summed E-state index contributed by atoms with van der Waals surface area (Å²) in [4.78, 5) is 12.8. The van der Waals surface area contributed by atoms with Crippen molar-refractivity contribution in [2.24, 2.45) is 0 Å². The van der Waals surface area contributed by atoms with Crippen LogP contribution in [0.4, 0.5) is 4.39 Å². The molecule has 0 radical (unpaired) electrons. The number of hydrogen-bond donors (Lipinski definition) is 1. The quantitative estimate of drug-likeness (QED) is 0.910. The maximum absolute atomic E-state index is 13.3. The maximum atomic E-state index is 13.3. The van der Waals surface area contributed by atoms with Gasteiger partial charge in [-0.25, -0.2) is 4.39 Å². The van der Waals surface area contributed by atoms with Gasteiger partial charge in [0.15, 0.2) is 0 Å². The summed E-state index contributed by atoms with van der Waals surface area (Å²) in [6, 6.07) is 8.35. The van der Waals surface area contributed by atoms with Gasteiger partial charge in [0, 0.05) is 10.4 Å². The normalized spacial score (nSPS) is 10.4. The fourth-order valence-electron chi connectivity index (χ4n) is 1.45. The van der Waals surface area contributed by atoms with Gasteiger partial charge < -0.3 is 5.32 Å². The topological polar surface area (TPSA) is 29.1 Å². The highest BCUT2D eigenvalue weighted by molar-refractivity contribution is 9.11. The van der Waals surface area contributed by atoms with E-state index in [-0.39, 0.29) is 11.7 Å². The second-order valence-electron chi connectivity index (χ2n) is 3.85. The molecule has 1 N–H and O–H groups in total. The van der Waals surface area contributed by atoms with Crippen LogP contribution < -0.4 is 5.32 Å². The number of amides is 1. The van der Waals surface area contributed by atoms with Crippen LogP contribution in [0.2, 0.25) is 0 Å². The van der Waals surface area contributed by atoms with Gasteiger partial charge in [-0.1, -0.05) is 6.07 Å². The molecule has 94 valence electrons. The molecule has 0 unspecified atom stereocenters. The highest BCUT2D eigenvalue weighted by Gasteiger charge is 2.08. The van der Waals surface area contributed by atoms with E-state index >= 15 is 0 Å². The SMILES string of the molecule is Cc1ccc(C(=O)NCc2ccc(Br)s2)cc1F. The number of carbonyl (C=O) groups excluding carboxylic acids is 1. The standard InChI is InChI=1S/C13H11BrFNOS/c1-8-2-3-9(6-11(8)15)13(17)16-7-10-4-5-12(14)18-10/h2-6H,7H2,1H3,(H,16,17). The Bertz CT molecular complexity index is 582. The number of carbonyl (C=O) groups is 1. The molecule has 0 spiro atoms. The van der Waals surface area contributed by atoms with E-state index in [4.69, 9.17) is 0 Å². The minimum absolute atomic E-state index is 0.265. The van der Waals surface area contributed by atoms with Crippen molar-refractivity contribution in [3.63, 3.8) is 0 Å². The highest BCUT2D eigenvalue weighted by atomic mass is 79.9. The maximum Gasteiger partial charge on any atom is 0.251 e. The molecule has 0 saturated heterocycles. The summed E-state index contributed by atoms with van der Waals surface area (Å²) in [5, 5.41) is 2.76. The third kappa shape index (κ3) is 3.17. The Morgan fingerprint density at radius 1 is 1.39 bits per heavy atom. The lowest BCUT2D eigenvalue weighted by molar-refractivity contribution is 0.0951. The van der Waals surface area contributed by atoms with Crippen molar-refractivity contribution < 1.29 is 9.18 Å². The van der Waals surface area contributed by atoms with Gasteiger partial charge in [-0.15, -0.1) is 11.3 Å². The molecule has 0 bridgehead atoms. The second kappa shape index (κ2) is 5.63. The molecule has 1 aromatic heterocycles. The summed E-state index contributed by atoms with van der Waals surface area (Å²) in [6.45, 7) is 2.12. The molecule has 1 amide bonds. The third-order valence-electron chi connectivity index (χ3n) is 2.49. The molecule has 2 aromatic rings. The lowest BCUT2D eigenvalue weighted by atomic mass is 10.1. The lowest BCUT2D eigenvalue weighted by Crippen LogP contribution is -2.22. The molecular formula is C13H11BrFNOS. The van der Waals surface area contributed by atoms with Gasteiger partial charge in [-0.3, -0.25) is 4.79 Å². The Kier molecular flexibility index (Phi) is 4.14. The van der Waals surface area contributed by atoms with Crippen molar-refractivity contribution in [1.82, 2.24) is 5.32 Å². The first-order valence-electron chi connectivity index (χ1n) is 5.35. The van der Waals surface area contributed by atoms with Gasteiger partial charge in [-0.2, -0.15) is 0 Å². The summed E-state index contributed by atoms with van der Waals surface area (Å²) in [7, 11) is 0. The number of nitrogens with one attached hydrogen (secondary N) is 1. The predicted octanol–water partition coefficient (Wildman–Crippen LogP) is 3.89. The van der Waals surface area contributed by atoms with Crippen LogP contribution >= 0.6 is 27.3 Å². The number of halogens is 2. The van der Waals surface area contributed by atoms with Crippen LogP contribution in [-0.4, -0.2) is 5.91 Å². The van der Waals surface area contributed by atoms with Gasteiger partial charge in [0.1, 0.15) is 5.82 Å². The molecular weight excluding hydrogens is 317 g/mol. The molecule has 0 aliphatic carbocycles. The Labute approximate surface area is 117 Å². The van der Waals surface area contributed by atoms with E-state index in [2.05, 4.69) is 21.2 Å². The first kappa shape index (κ1) is 13.2. The van der Waals surface area contributed by atoms with Gasteiger partial charge in [0.25, 0.3) is 5.91 Å². The zero-order valence-corrected chi connectivity index (χ0v) is 12.1. The van der Waals surface area contributed by atoms with Crippen LogP contribution in [0.15, 0.2) is 34.1 Å². The largest absolute Gasteiger partial charge is 0.347 e. The Morgan fingerprint density at radius 3 is 2.78 bits per heavy atom. The molecule has 0 aliphatic heterocycles. The number of benzene rings is 1. The molecule has 18 heavy (non-hydrogen) atoms. The van der Waals surface area contributed by atoms with Crippen molar-refractivity contribution in [2.75, 3.05) is 0 Å². The highest BCUT2D eigenvalue weighted by Crippen LogP contribution is 2.21. The molecule has 1 aromatic carbocycles. The van der Waals surface area contributed by atoms with E-state index in [1.54, 1.807) is 30.4 Å². The first-order chi connectivity index (χ1) is 8.56. The van der Waals surface area contributed by atoms with Crippen molar-refractivity contribution in [2.45, 2.75) is 13.5 Å². The monoisotopic (exact) mass is 327 g/mol. The predicted molar refractivity (Wildman–Crippen MR) is 74.3 cm³/mol. The van der Waals surface area contributed by atoms with E-state index in [9.17, 15) is 9.18 Å². The average molecular weight is 328 g/mol. The fraction of sp³-hybridized carbons (Fsp3) is 0.154. The van der Waals surface area contributed by atoms with Crippen LogP contribution in [0.25, 0.3) is 0 Å². The molecule has 0 aliphatic rings. The van der Waals surface area contributed by atoms with Crippen LogP contribution in [0, 0.1) is 12.7 Å². The minimum Gasteiger partial charge on any atom is -0.347 e. The van der Waals surface area contributed by atoms with E-state index in [0.717, 1.165) is 8.66 Å². The van der Waals surface area contributed by atoms with Crippen LogP contribution in [0.1, 0.15) is 20.8 Å². The van der Waals surface area contributed by atoms with Crippen molar-refractivity contribution >= 4 is 33.2 Å². The van der Waals surface area contributed by atoms with Crippen LogP contribution in [0.5, 0.6) is 0 Å². The van der Waals surface area contributed by atoms with E-state index < -0.39 is 0 Å². The molecule has 2 rings (SSSR count). The summed E-state index contributed by atoms with van der Waals surface area (Å²) in [5.41, 5.74) is 0.877. The zero-order chi connectivity index (χ0) is 13.1. The van der Waals surface area contributed by atoms with Gasteiger partial charge in [0.05, 0.1) is 10.3 Å². The summed E-state index contributed by atoms with van der Waals surface area (Å²) in [6.07, 6.45) is 0. The molecule has 5 heteroatoms. The van der Waals surface area contributed by atoms with E-state index in [1.807, 2.05) is 12.1 Å². The lowest BCUT2D eigenvalue weighted by Gasteiger charge is -2.04. The summed E-state index contributed by atoms with van der Waals surface area (Å²) >= 11 is 4.92. The van der Waals surface area contributed by atoms with Crippen molar-refractivity contribution in [3.8, 4) is 0 Å². The van der Waals surface area contributed by atoms with E-state index in [1.165, 1.54) is 6.07 Å². The Morgan fingerprint density at radius 2 is 2.17 bits per heavy atom. The first-order valence-corrected chi connectivity index (χ1v) is 6.96. The average Bonchev–Trinajstić information content (AvgIpc) is 2.75. The Hall–Kier alpha value is -1.20. The van der Waals surface area contributed by atoms with E-state index in [0.29, 0.717) is 17.7 Å². The fourth-order valence-corrected chi connectivity index (χ4v) is 2.87. The smallest absolute Gasteiger partial charge is 0.251 e. The van der Waals surface area contributed by atoms with Crippen LogP contribution in [-0.2, 0) is 6.54 Å². The Balaban J connectivity index is 2.01. The third-order valence-corrected chi connectivity index (χ3v) is 4.11. The molecule has 0 fully saturated rings. The molecule has 2 nitrogen and oxygen atoms in total. The number of rotatable bonds is 3. The van der Waals surface area contributed by atoms with Gasteiger partial charge in [-0.05, 0) is 52.7 Å². The van der Waals surface area contributed by atoms with Gasteiger partial charge in [0.2, 0.25) is 0 Å². The molecule has 1 heterocycles. The summed E-state index contributed by atoms with van der Waals surface area (Å²) in [5.74, 6) is -0.625. The van der Waals surface area contributed by atoms with Gasteiger partial charge >= 0.3 is 0 Å². The number of hydrogen-bond acceptors (Lipinski definition) is 2. The number of aryl methyl sites for hydroxylation is 1.